The molecule has 2 aromatic carbocycles. The molecule has 0 atom stereocenters. The number of nitrogens with zero attached hydrogens (tertiary/aromatic N) is 1. The van der Waals surface area contributed by atoms with Gasteiger partial charge >= 0.3 is 0 Å². The van der Waals surface area contributed by atoms with Crippen LogP contribution >= 0.6 is 0 Å². The van der Waals surface area contributed by atoms with E-state index >= 15 is 0 Å². The van der Waals surface area contributed by atoms with Crippen LogP contribution in [0.5, 0.6) is 0 Å². The maximum atomic E-state index is 2.25. The van der Waals surface area contributed by atoms with Crippen LogP contribution in [0.3, 0.4) is 0 Å². The molecule has 0 radical (unpaired) electrons. The zero-order valence-electron chi connectivity index (χ0n) is 11.8. The maximum absolute atomic E-state index is 2.25. The van der Waals surface area contributed by atoms with Gasteiger partial charge in [0.2, 0.25) is 0 Å². The van der Waals surface area contributed by atoms with E-state index in [0.29, 0.717) is 0 Å². The Balaban J connectivity index is 2.20. The lowest BCUT2D eigenvalue weighted by atomic mass is 10.1. The molecule has 0 aliphatic rings. The Morgan fingerprint density at radius 1 is 0.722 bits per heavy atom. The highest BCUT2D eigenvalue weighted by Crippen LogP contribution is 2.22. The van der Waals surface area contributed by atoms with E-state index in [1.165, 1.54) is 22.4 Å². The summed E-state index contributed by atoms with van der Waals surface area (Å²) >= 11 is 0. The first-order chi connectivity index (χ1) is 8.47. The Morgan fingerprint density at radius 2 is 1.17 bits per heavy atom. The molecule has 0 aliphatic heterocycles. The van der Waals surface area contributed by atoms with Gasteiger partial charge in [-0.3, -0.25) is 4.48 Å². The van der Waals surface area contributed by atoms with Gasteiger partial charge in [-0.2, -0.15) is 0 Å². The minimum absolute atomic E-state index is 0.878. The number of hydrogen-bond donors (Lipinski definition) is 0. The first-order valence-corrected chi connectivity index (χ1v) is 6.43. The summed E-state index contributed by atoms with van der Waals surface area (Å²) in [4.78, 5) is 0. The Morgan fingerprint density at radius 3 is 1.67 bits per heavy atom. The van der Waals surface area contributed by atoms with Gasteiger partial charge in [-0.15, -0.1) is 0 Å². The monoisotopic (exact) mass is 240 g/mol. The van der Waals surface area contributed by atoms with E-state index in [2.05, 4.69) is 76.5 Å². The molecular weight excluding hydrogens is 218 g/mol. The van der Waals surface area contributed by atoms with Crippen LogP contribution in [-0.4, -0.2) is 14.1 Å². The van der Waals surface area contributed by atoms with Crippen molar-refractivity contribution in [3.05, 3.63) is 65.2 Å². The van der Waals surface area contributed by atoms with E-state index < -0.39 is 0 Å². The number of hydrogen-bond acceptors (Lipinski definition) is 0. The van der Waals surface area contributed by atoms with Crippen LogP contribution in [0.25, 0.3) is 0 Å². The minimum atomic E-state index is 0.878. The van der Waals surface area contributed by atoms with Crippen LogP contribution in [0.2, 0.25) is 0 Å². The van der Waals surface area contributed by atoms with Gasteiger partial charge in [-0.05, 0) is 26.0 Å². The Hall–Kier alpha value is -1.60. The van der Waals surface area contributed by atoms with Gasteiger partial charge in [-0.1, -0.05) is 47.5 Å². The fraction of sp³-hybridized carbons (Fsp3) is 0.294. The van der Waals surface area contributed by atoms with Crippen LogP contribution in [0.1, 0.15) is 16.7 Å². The molecule has 0 spiro atoms. The number of aryl methyl sites for hydroxylation is 2. The number of rotatable bonds is 3. The zero-order chi connectivity index (χ0) is 13.2. The van der Waals surface area contributed by atoms with Crippen molar-refractivity contribution in [3.63, 3.8) is 0 Å². The molecule has 0 bridgehead atoms. The lowest BCUT2D eigenvalue weighted by Gasteiger charge is -2.29. The second-order valence-electron chi connectivity index (χ2n) is 5.66. The van der Waals surface area contributed by atoms with E-state index in [1.807, 2.05) is 0 Å². The van der Waals surface area contributed by atoms with Crippen LogP contribution in [-0.2, 0) is 6.54 Å². The predicted octanol–water partition coefficient (Wildman–Crippen LogP) is 4.07. The molecule has 0 aromatic heterocycles. The topological polar surface area (TPSA) is 0 Å². The van der Waals surface area contributed by atoms with Crippen molar-refractivity contribution in [2.24, 2.45) is 0 Å². The Bertz CT molecular complexity index is 506. The molecule has 0 unspecified atom stereocenters. The molecule has 0 saturated carbocycles. The molecule has 0 fully saturated rings. The van der Waals surface area contributed by atoms with Crippen molar-refractivity contribution in [2.45, 2.75) is 20.4 Å². The summed E-state index contributed by atoms with van der Waals surface area (Å²) in [5.74, 6) is 0. The van der Waals surface area contributed by atoms with Crippen molar-refractivity contribution in [3.8, 4) is 0 Å². The predicted molar refractivity (Wildman–Crippen MR) is 79.7 cm³/mol. The molecule has 0 aliphatic carbocycles. The van der Waals surface area contributed by atoms with E-state index in [9.17, 15) is 0 Å². The summed E-state index contributed by atoms with van der Waals surface area (Å²) in [6.45, 7) is 5.27. The SMILES string of the molecule is Cc1ccc(C[N+](C)(C)c2ccc(C)cc2)cc1. The van der Waals surface area contributed by atoms with Crippen molar-refractivity contribution in [1.82, 2.24) is 4.48 Å². The first kappa shape index (κ1) is 12.8. The first-order valence-electron chi connectivity index (χ1n) is 6.43. The van der Waals surface area contributed by atoms with Gasteiger partial charge in [0.25, 0.3) is 0 Å². The molecule has 0 N–H and O–H groups in total. The molecule has 0 heterocycles. The molecule has 0 amide bonds. The van der Waals surface area contributed by atoms with Crippen molar-refractivity contribution in [1.29, 1.82) is 0 Å². The number of benzene rings is 2. The van der Waals surface area contributed by atoms with Crippen LogP contribution in [0.4, 0.5) is 5.69 Å². The number of quaternary nitrogens is 1. The summed E-state index contributed by atoms with van der Waals surface area (Å²) < 4.78 is 0.878. The van der Waals surface area contributed by atoms with E-state index in [4.69, 9.17) is 0 Å². The second-order valence-corrected chi connectivity index (χ2v) is 5.66. The molecule has 0 saturated heterocycles. The second kappa shape index (κ2) is 4.95. The quantitative estimate of drug-likeness (QED) is 0.709. The van der Waals surface area contributed by atoms with Gasteiger partial charge in [0.1, 0.15) is 12.2 Å². The Kier molecular flexibility index (Phi) is 3.53. The zero-order valence-corrected chi connectivity index (χ0v) is 11.8. The third-order valence-electron chi connectivity index (χ3n) is 3.43. The van der Waals surface area contributed by atoms with Gasteiger partial charge < -0.3 is 0 Å². The van der Waals surface area contributed by atoms with Crippen molar-refractivity contribution in [2.75, 3.05) is 14.1 Å². The smallest absolute Gasteiger partial charge is 0.132 e. The maximum Gasteiger partial charge on any atom is 0.132 e. The third kappa shape index (κ3) is 2.99. The van der Waals surface area contributed by atoms with Crippen LogP contribution in [0.15, 0.2) is 48.5 Å². The normalized spacial score (nSPS) is 11.6. The highest BCUT2D eigenvalue weighted by atomic mass is 15.3. The summed E-state index contributed by atoms with van der Waals surface area (Å²) in [6.07, 6.45) is 0. The van der Waals surface area contributed by atoms with Gasteiger partial charge in [-0.25, -0.2) is 0 Å². The van der Waals surface area contributed by atoms with Gasteiger partial charge in [0, 0.05) is 5.56 Å². The molecule has 1 nitrogen and oxygen atoms in total. The highest BCUT2D eigenvalue weighted by Gasteiger charge is 2.19. The fourth-order valence-corrected chi connectivity index (χ4v) is 2.19. The lowest BCUT2D eigenvalue weighted by Crippen LogP contribution is -2.39. The molecule has 2 aromatic rings. The molecule has 94 valence electrons. The summed E-state index contributed by atoms with van der Waals surface area (Å²) in [5, 5.41) is 0. The van der Waals surface area contributed by atoms with E-state index in [1.54, 1.807) is 0 Å². The summed E-state index contributed by atoms with van der Waals surface area (Å²) in [6, 6.07) is 17.6. The summed E-state index contributed by atoms with van der Waals surface area (Å²) in [7, 11) is 4.51. The summed E-state index contributed by atoms with van der Waals surface area (Å²) in [5.41, 5.74) is 5.36. The van der Waals surface area contributed by atoms with E-state index in [-0.39, 0.29) is 0 Å². The standard InChI is InChI=1S/C17H22N/c1-14-5-9-16(10-6-14)13-18(3,4)17-11-7-15(2)8-12-17/h5-12H,13H2,1-4H3/q+1. The van der Waals surface area contributed by atoms with Gasteiger partial charge in [0.05, 0.1) is 14.1 Å². The fourth-order valence-electron chi connectivity index (χ4n) is 2.19. The van der Waals surface area contributed by atoms with Crippen molar-refractivity contribution >= 4 is 5.69 Å². The van der Waals surface area contributed by atoms with Crippen LogP contribution in [0, 0.1) is 13.8 Å². The van der Waals surface area contributed by atoms with Gasteiger partial charge in [0.15, 0.2) is 0 Å². The highest BCUT2D eigenvalue weighted by molar-refractivity contribution is 5.43. The molecular formula is C17H22N+. The molecule has 1 heteroatoms. The molecule has 18 heavy (non-hydrogen) atoms. The van der Waals surface area contributed by atoms with E-state index in [0.717, 1.165) is 11.0 Å². The molecule has 2 rings (SSSR count). The third-order valence-corrected chi connectivity index (χ3v) is 3.43. The van der Waals surface area contributed by atoms with Crippen molar-refractivity contribution < 1.29 is 0 Å². The van der Waals surface area contributed by atoms with Crippen LogP contribution < -0.4 is 4.48 Å². The average Bonchev–Trinajstić information content (AvgIpc) is 2.32. The minimum Gasteiger partial charge on any atom is -0.292 e. The Labute approximate surface area is 110 Å². The average molecular weight is 240 g/mol. The largest absolute Gasteiger partial charge is 0.292 e. The lowest BCUT2D eigenvalue weighted by molar-refractivity contribution is 0.392.